The number of hydrogen-bond donors (Lipinski definition) is 1. The average Bonchev–Trinajstić information content (AvgIpc) is 2.82. The highest BCUT2D eigenvalue weighted by molar-refractivity contribution is 7.10. The van der Waals surface area contributed by atoms with Crippen molar-refractivity contribution in [1.29, 1.82) is 0 Å². The van der Waals surface area contributed by atoms with Crippen molar-refractivity contribution < 1.29 is 4.42 Å². The molecule has 0 radical (unpaired) electrons. The van der Waals surface area contributed by atoms with E-state index in [9.17, 15) is 0 Å². The third kappa shape index (κ3) is 1.37. The number of rotatable bonds is 1. The second kappa shape index (κ2) is 3.31. The lowest BCUT2D eigenvalue weighted by molar-refractivity contribution is 0.617. The Bertz CT molecular complexity index is 656. The van der Waals surface area contributed by atoms with Crippen LogP contribution in [0.1, 0.15) is 4.88 Å². The summed E-state index contributed by atoms with van der Waals surface area (Å²) in [6, 6.07) is 5.41. The first-order chi connectivity index (χ1) is 7.74. The molecule has 1 aromatic carbocycles. The van der Waals surface area contributed by atoms with Crippen LogP contribution < -0.4 is 5.73 Å². The summed E-state index contributed by atoms with van der Waals surface area (Å²) in [5.41, 5.74) is 10.5. The quantitative estimate of drug-likeness (QED) is 0.654. The Hall–Kier alpha value is -1.88. The lowest BCUT2D eigenvalue weighted by Crippen LogP contribution is -1.82. The van der Waals surface area contributed by atoms with Crippen molar-refractivity contribution in [3.05, 3.63) is 28.6 Å². The minimum Gasteiger partial charge on any atom is -0.435 e. The van der Waals surface area contributed by atoms with Gasteiger partial charge in [-0.2, -0.15) is 0 Å². The van der Waals surface area contributed by atoms with Crippen molar-refractivity contribution >= 4 is 28.1 Å². The molecule has 0 bridgehead atoms. The van der Waals surface area contributed by atoms with Gasteiger partial charge >= 0.3 is 0 Å². The predicted octanol–water partition coefficient (Wildman–Crippen LogP) is 2.84. The van der Waals surface area contributed by atoms with Crippen molar-refractivity contribution in [3.63, 3.8) is 0 Å². The molecule has 0 aliphatic heterocycles. The van der Waals surface area contributed by atoms with E-state index in [4.69, 9.17) is 10.2 Å². The maximum Gasteiger partial charge on any atom is 0.247 e. The summed E-state index contributed by atoms with van der Waals surface area (Å²) >= 11 is 1.58. The van der Waals surface area contributed by atoms with Crippen LogP contribution >= 0.6 is 11.3 Å². The molecule has 0 aliphatic carbocycles. The second-order valence-electron chi connectivity index (χ2n) is 3.50. The molecule has 80 valence electrons. The number of benzene rings is 1. The fourth-order valence-corrected chi connectivity index (χ4v) is 2.12. The van der Waals surface area contributed by atoms with Crippen LogP contribution in [0.5, 0.6) is 0 Å². The molecule has 2 heterocycles. The molecular formula is C11H9N3OS. The fourth-order valence-electron chi connectivity index (χ4n) is 1.56. The minimum atomic E-state index is 0.555. The van der Waals surface area contributed by atoms with Crippen LogP contribution in [0, 0.1) is 6.92 Å². The summed E-state index contributed by atoms with van der Waals surface area (Å²) in [6.07, 6.45) is 0. The van der Waals surface area contributed by atoms with Crippen molar-refractivity contribution in [2.75, 3.05) is 5.73 Å². The third-order valence-corrected chi connectivity index (χ3v) is 3.12. The van der Waals surface area contributed by atoms with Gasteiger partial charge in [-0.1, -0.05) is 0 Å². The number of hydrogen-bond acceptors (Lipinski definition) is 5. The number of anilines is 1. The zero-order valence-corrected chi connectivity index (χ0v) is 9.41. The van der Waals surface area contributed by atoms with Gasteiger partial charge < -0.3 is 10.2 Å². The number of nitrogen functional groups attached to an aromatic ring is 1. The van der Waals surface area contributed by atoms with Gasteiger partial charge in [-0.3, -0.25) is 0 Å². The molecule has 3 aromatic rings. The number of nitrogens with zero attached hydrogens (tertiary/aromatic N) is 2. The van der Waals surface area contributed by atoms with Crippen LogP contribution in [0.4, 0.5) is 5.69 Å². The predicted molar refractivity (Wildman–Crippen MR) is 64.3 cm³/mol. The smallest absolute Gasteiger partial charge is 0.247 e. The fraction of sp³-hybridized carbons (Fsp3) is 0.0909. The number of aryl methyl sites for hydroxylation is 1. The van der Waals surface area contributed by atoms with E-state index in [2.05, 4.69) is 9.97 Å². The second-order valence-corrected chi connectivity index (χ2v) is 4.56. The zero-order valence-electron chi connectivity index (χ0n) is 8.60. The van der Waals surface area contributed by atoms with E-state index in [0.29, 0.717) is 11.6 Å². The van der Waals surface area contributed by atoms with Gasteiger partial charge in [0, 0.05) is 10.6 Å². The van der Waals surface area contributed by atoms with Gasteiger partial charge in [0.2, 0.25) is 5.89 Å². The standard InChI is InChI=1S/C11H9N3OS/c1-6-10(13-5-16-6)11-14-8-4-7(12)2-3-9(8)15-11/h2-5H,12H2,1H3. The van der Waals surface area contributed by atoms with Crippen LogP contribution in [-0.4, -0.2) is 9.97 Å². The van der Waals surface area contributed by atoms with E-state index >= 15 is 0 Å². The molecule has 2 aromatic heterocycles. The molecule has 0 unspecified atom stereocenters. The van der Waals surface area contributed by atoms with E-state index in [1.54, 1.807) is 29.0 Å². The Morgan fingerprint density at radius 2 is 2.25 bits per heavy atom. The topological polar surface area (TPSA) is 64.9 Å². The van der Waals surface area contributed by atoms with Crippen LogP contribution in [0.15, 0.2) is 28.1 Å². The lowest BCUT2D eigenvalue weighted by Gasteiger charge is -1.88. The molecule has 0 spiro atoms. The zero-order chi connectivity index (χ0) is 11.1. The number of oxazole rings is 1. The van der Waals surface area contributed by atoms with E-state index in [1.807, 2.05) is 13.0 Å². The molecular weight excluding hydrogens is 222 g/mol. The van der Waals surface area contributed by atoms with Crippen molar-refractivity contribution in [2.24, 2.45) is 0 Å². The third-order valence-electron chi connectivity index (χ3n) is 2.36. The summed E-state index contributed by atoms with van der Waals surface area (Å²) in [5, 5.41) is 0. The molecule has 4 nitrogen and oxygen atoms in total. The molecule has 2 N–H and O–H groups in total. The van der Waals surface area contributed by atoms with Gasteiger partial charge in [0.15, 0.2) is 5.58 Å². The summed E-state index contributed by atoms with van der Waals surface area (Å²) < 4.78 is 5.63. The molecule has 0 saturated heterocycles. The highest BCUT2D eigenvalue weighted by Crippen LogP contribution is 2.27. The molecule has 0 saturated carbocycles. The van der Waals surface area contributed by atoms with E-state index in [-0.39, 0.29) is 0 Å². The van der Waals surface area contributed by atoms with Crippen LogP contribution in [-0.2, 0) is 0 Å². The van der Waals surface area contributed by atoms with Crippen molar-refractivity contribution in [1.82, 2.24) is 9.97 Å². The van der Waals surface area contributed by atoms with E-state index < -0.39 is 0 Å². The molecule has 0 amide bonds. The Labute approximate surface area is 95.7 Å². The maximum atomic E-state index is 5.69. The minimum absolute atomic E-state index is 0.555. The monoisotopic (exact) mass is 231 g/mol. The Morgan fingerprint density at radius 3 is 3.00 bits per heavy atom. The Morgan fingerprint density at radius 1 is 1.38 bits per heavy atom. The van der Waals surface area contributed by atoms with Crippen molar-refractivity contribution in [3.8, 4) is 11.6 Å². The molecule has 0 fully saturated rings. The number of fused-ring (bicyclic) bond motifs is 1. The SMILES string of the molecule is Cc1scnc1-c1nc2cc(N)ccc2o1. The van der Waals surface area contributed by atoms with Crippen LogP contribution in [0.2, 0.25) is 0 Å². The lowest BCUT2D eigenvalue weighted by atomic mass is 10.3. The van der Waals surface area contributed by atoms with Crippen molar-refractivity contribution in [2.45, 2.75) is 6.92 Å². The first-order valence-corrected chi connectivity index (χ1v) is 5.68. The molecule has 0 atom stereocenters. The van der Waals surface area contributed by atoms with Crippen LogP contribution in [0.3, 0.4) is 0 Å². The number of aromatic nitrogens is 2. The van der Waals surface area contributed by atoms with Gasteiger partial charge in [-0.05, 0) is 25.1 Å². The summed E-state index contributed by atoms with van der Waals surface area (Å²) in [7, 11) is 0. The average molecular weight is 231 g/mol. The van der Waals surface area contributed by atoms with Crippen LogP contribution in [0.25, 0.3) is 22.7 Å². The molecule has 5 heteroatoms. The Balaban J connectivity index is 2.23. The number of nitrogens with two attached hydrogens (primary N) is 1. The summed E-state index contributed by atoms with van der Waals surface area (Å²) in [6.45, 7) is 2.00. The number of thiazole rings is 1. The Kier molecular flexibility index (Phi) is 1.94. The normalized spacial score (nSPS) is 11.1. The first-order valence-electron chi connectivity index (χ1n) is 4.80. The van der Waals surface area contributed by atoms with Gasteiger partial charge in [-0.25, -0.2) is 9.97 Å². The van der Waals surface area contributed by atoms with Gasteiger partial charge in [0.1, 0.15) is 11.2 Å². The van der Waals surface area contributed by atoms with Gasteiger partial charge in [0.05, 0.1) is 5.51 Å². The van der Waals surface area contributed by atoms with E-state index in [1.165, 1.54) is 0 Å². The summed E-state index contributed by atoms with van der Waals surface area (Å²) in [5.74, 6) is 0.555. The maximum absolute atomic E-state index is 5.69. The largest absolute Gasteiger partial charge is 0.435 e. The highest BCUT2D eigenvalue weighted by Gasteiger charge is 2.12. The molecule has 3 rings (SSSR count). The summed E-state index contributed by atoms with van der Waals surface area (Å²) in [4.78, 5) is 9.71. The van der Waals surface area contributed by atoms with Gasteiger partial charge in [0.25, 0.3) is 0 Å². The highest BCUT2D eigenvalue weighted by atomic mass is 32.1. The molecule has 0 aliphatic rings. The van der Waals surface area contributed by atoms with Gasteiger partial charge in [-0.15, -0.1) is 11.3 Å². The first kappa shape index (κ1) is 9.35. The van der Waals surface area contributed by atoms with E-state index in [0.717, 1.165) is 21.7 Å². The molecule has 16 heavy (non-hydrogen) atoms.